The van der Waals surface area contributed by atoms with Crippen molar-refractivity contribution in [1.29, 1.82) is 0 Å². The lowest BCUT2D eigenvalue weighted by molar-refractivity contribution is -0.139. The molecule has 0 fully saturated rings. The molecule has 0 aliphatic carbocycles. The molecule has 0 spiro atoms. The Hall–Kier alpha value is -3.92. The number of anilines is 1. The molecule has 3 aromatic carbocycles. The van der Waals surface area contributed by atoms with Gasteiger partial charge in [0.15, 0.2) is 0 Å². The maximum absolute atomic E-state index is 13.9. The van der Waals surface area contributed by atoms with Gasteiger partial charge >= 0.3 is 0 Å². The lowest BCUT2D eigenvalue weighted by Crippen LogP contribution is -2.52. The van der Waals surface area contributed by atoms with Gasteiger partial charge in [0.1, 0.15) is 24.2 Å². The van der Waals surface area contributed by atoms with E-state index >= 15 is 0 Å². The van der Waals surface area contributed by atoms with Crippen molar-refractivity contribution in [3.05, 3.63) is 89.7 Å². The summed E-state index contributed by atoms with van der Waals surface area (Å²) in [5.74, 6) is -0.835. The van der Waals surface area contributed by atoms with E-state index in [9.17, 15) is 22.4 Å². The number of hydrogen-bond donors (Lipinski definition) is 1. The number of benzene rings is 3. The molecule has 3 aromatic rings. The fourth-order valence-corrected chi connectivity index (χ4v) is 5.49. The van der Waals surface area contributed by atoms with Gasteiger partial charge in [0.05, 0.1) is 17.2 Å². The standard InChI is InChI=1S/C31H38FN3O5S/c1-6-23(4)33-31(37)24(5)34(20-25-10-12-26(32)13-11-25)30(36)21-35(27-14-16-28(17-15-27)40-7-2)41(38,39)29-18-8-22(3)9-19-29/h8-19,23-24H,6-7,20-21H2,1-5H3,(H,33,37)/t23-,24+/m0/s1. The van der Waals surface area contributed by atoms with Crippen molar-refractivity contribution in [2.45, 2.75) is 64.6 Å². The Morgan fingerprint density at radius 3 is 2.10 bits per heavy atom. The van der Waals surface area contributed by atoms with Gasteiger partial charge in [-0.25, -0.2) is 12.8 Å². The summed E-state index contributed by atoms with van der Waals surface area (Å²) >= 11 is 0. The minimum atomic E-state index is -4.18. The summed E-state index contributed by atoms with van der Waals surface area (Å²) in [5.41, 5.74) is 1.75. The number of halogens is 1. The van der Waals surface area contributed by atoms with Crippen LogP contribution in [-0.2, 0) is 26.2 Å². The molecule has 0 saturated heterocycles. The first kappa shape index (κ1) is 31.6. The zero-order valence-electron chi connectivity index (χ0n) is 24.1. The Balaban J connectivity index is 2.02. The van der Waals surface area contributed by atoms with Crippen LogP contribution in [-0.4, -0.2) is 50.4 Å². The highest BCUT2D eigenvalue weighted by atomic mass is 32.2. The van der Waals surface area contributed by atoms with E-state index in [1.807, 2.05) is 27.7 Å². The molecule has 0 saturated carbocycles. The lowest BCUT2D eigenvalue weighted by Gasteiger charge is -2.32. The average Bonchev–Trinajstić information content (AvgIpc) is 2.95. The quantitative estimate of drug-likeness (QED) is 0.304. The van der Waals surface area contributed by atoms with Crippen molar-refractivity contribution in [1.82, 2.24) is 10.2 Å². The molecule has 0 radical (unpaired) electrons. The van der Waals surface area contributed by atoms with E-state index < -0.39 is 34.3 Å². The second-order valence-electron chi connectivity index (χ2n) is 9.89. The molecule has 10 heteroatoms. The Bertz CT molecular complexity index is 1410. The zero-order chi connectivity index (χ0) is 30.2. The first-order valence-corrected chi connectivity index (χ1v) is 15.1. The summed E-state index contributed by atoms with van der Waals surface area (Å²) in [6, 6.07) is 17.4. The Labute approximate surface area is 242 Å². The number of nitrogens with zero attached hydrogens (tertiary/aromatic N) is 2. The smallest absolute Gasteiger partial charge is 0.264 e. The van der Waals surface area contributed by atoms with E-state index in [1.54, 1.807) is 43.3 Å². The molecular formula is C31H38FN3O5S. The van der Waals surface area contributed by atoms with E-state index in [4.69, 9.17) is 4.74 Å². The van der Waals surface area contributed by atoms with Crippen LogP contribution >= 0.6 is 0 Å². The van der Waals surface area contributed by atoms with Crippen LogP contribution in [0.1, 0.15) is 45.2 Å². The van der Waals surface area contributed by atoms with Gasteiger partial charge in [0.2, 0.25) is 11.8 Å². The number of carbonyl (C=O) groups excluding carboxylic acids is 2. The first-order valence-electron chi connectivity index (χ1n) is 13.6. The fraction of sp³-hybridized carbons (Fsp3) is 0.355. The summed E-state index contributed by atoms with van der Waals surface area (Å²) in [7, 11) is -4.18. The number of nitrogens with one attached hydrogen (secondary N) is 1. The summed E-state index contributed by atoms with van der Waals surface area (Å²) in [4.78, 5) is 28.4. The molecule has 0 heterocycles. The fourth-order valence-electron chi connectivity index (χ4n) is 4.08. The van der Waals surface area contributed by atoms with Crippen LogP contribution in [0.5, 0.6) is 5.75 Å². The Morgan fingerprint density at radius 2 is 1.54 bits per heavy atom. The lowest BCUT2D eigenvalue weighted by atomic mass is 10.1. The van der Waals surface area contributed by atoms with Crippen molar-refractivity contribution in [2.75, 3.05) is 17.5 Å². The molecule has 0 aliphatic rings. The van der Waals surface area contributed by atoms with Crippen LogP contribution in [0.4, 0.5) is 10.1 Å². The molecule has 0 unspecified atom stereocenters. The highest BCUT2D eigenvalue weighted by Crippen LogP contribution is 2.27. The maximum Gasteiger partial charge on any atom is 0.264 e. The van der Waals surface area contributed by atoms with Crippen LogP contribution in [0.15, 0.2) is 77.7 Å². The van der Waals surface area contributed by atoms with Gasteiger partial charge < -0.3 is 15.0 Å². The number of aryl methyl sites for hydroxylation is 1. The number of carbonyl (C=O) groups is 2. The molecule has 2 amide bonds. The molecule has 3 rings (SSSR count). The van der Waals surface area contributed by atoms with Crippen molar-refractivity contribution < 1.29 is 27.1 Å². The third kappa shape index (κ3) is 8.29. The number of ether oxygens (including phenoxy) is 1. The Morgan fingerprint density at radius 1 is 0.927 bits per heavy atom. The van der Waals surface area contributed by atoms with E-state index in [0.29, 0.717) is 24.3 Å². The molecule has 41 heavy (non-hydrogen) atoms. The van der Waals surface area contributed by atoms with Crippen molar-refractivity contribution in [3.8, 4) is 5.75 Å². The van der Waals surface area contributed by atoms with Crippen LogP contribution in [0, 0.1) is 12.7 Å². The monoisotopic (exact) mass is 583 g/mol. The van der Waals surface area contributed by atoms with Crippen LogP contribution in [0.25, 0.3) is 0 Å². The van der Waals surface area contributed by atoms with Crippen molar-refractivity contribution in [2.24, 2.45) is 0 Å². The molecule has 0 bridgehead atoms. The van der Waals surface area contributed by atoms with Gasteiger partial charge in [-0.15, -0.1) is 0 Å². The van der Waals surface area contributed by atoms with Crippen LogP contribution in [0.2, 0.25) is 0 Å². The van der Waals surface area contributed by atoms with Gasteiger partial charge in [0.25, 0.3) is 10.0 Å². The Kier molecular flexibility index (Phi) is 10.9. The van der Waals surface area contributed by atoms with Gasteiger partial charge in [-0.2, -0.15) is 0 Å². The molecule has 1 N–H and O–H groups in total. The van der Waals surface area contributed by atoms with E-state index in [2.05, 4.69) is 5.32 Å². The van der Waals surface area contributed by atoms with Gasteiger partial charge in [-0.05, 0) is 88.2 Å². The molecule has 220 valence electrons. The second kappa shape index (κ2) is 14.1. The number of sulfonamides is 1. The highest BCUT2D eigenvalue weighted by molar-refractivity contribution is 7.92. The number of amides is 2. The van der Waals surface area contributed by atoms with Crippen LogP contribution in [0.3, 0.4) is 0 Å². The van der Waals surface area contributed by atoms with E-state index in [0.717, 1.165) is 9.87 Å². The third-order valence-electron chi connectivity index (χ3n) is 6.76. The average molecular weight is 584 g/mol. The van der Waals surface area contributed by atoms with Gasteiger partial charge in [0, 0.05) is 12.6 Å². The topological polar surface area (TPSA) is 96.0 Å². The summed E-state index contributed by atoms with van der Waals surface area (Å²) in [6.07, 6.45) is 0.699. The molecular weight excluding hydrogens is 545 g/mol. The largest absolute Gasteiger partial charge is 0.494 e. The summed E-state index contributed by atoms with van der Waals surface area (Å²) in [5, 5.41) is 2.89. The summed E-state index contributed by atoms with van der Waals surface area (Å²) < 4.78 is 47.9. The number of rotatable bonds is 13. The summed E-state index contributed by atoms with van der Waals surface area (Å²) in [6.45, 7) is 8.94. The van der Waals surface area contributed by atoms with Crippen molar-refractivity contribution in [3.63, 3.8) is 0 Å². The normalized spacial score (nSPS) is 12.7. The third-order valence-corrected chi connectivity index (χ3v) is 8.55. The SMILES string of the molecule is CCOc1ccc(N(CC(=O)N(Cc2ccc(F)cc2)[C@H](C)C(=O)N[C@@H](C)CC)S(=O)(=O)c2ccc(C)cc2)cc1. The highest BCUT2D eigenvalue weighted by Gasteiger charge is 2.32. The molecule has 0 aromatic heterocycles. The molecule has 2 atom stereocenters. The minimum Gasteiger partial charge on any atom is -0.494 e. The first-order chi connectivity index (χ1) is 19.5. The van der Waals surface area contributed by atoms with Crippen LogP contribution < -0.4 is 14.4 Å². The predicted molar refractivity (Wildman–Crippen MR) is 158 cm³/mol. The second-order valence-corrected chi connectivity index (χ2v) is 11.8. The van der Waals surface area contributed by atoms with Gasteiger partial charge in [-0.1, -0.05) is 36.8 Å². The molecule has 8 nitrogen and oxygen atoms in total. The van der Waals surface area contributed by atoms with E-state index in [-0.39, 0.29) is 29.1 Å². The maximum atomic E-state index is 13.9. The van der Waals surface area contributed by atoms with Gasteiger partial charge in [-0.3, -0.25) is 13.9 Å². The zero-order valence-corrected chi connectivity index (χ0v) is 24.9. The minimum absolute atomic E-state index is 0.0180. The van der Waals surface area contributed by atoms with E-state index in [1.165, 1.54) is 41.3 Å². The predicted octanol–water partition coefficient (Wildman–Crippen LogP) is 5.06. The molecule has 0 aliphatic heterocycles. The number of hydrogen-bond acceptors (Lipinski definition) is 5. The van der Waals surface area contributed by atoms with Crippen molar-refractivity contribution >= 4 is 27.5 Å².